The summed E-state index contributed by atoms with van der Waals surface area (Å²) in [6, 6.07) is 8.54. The van der Waals surface area contributed by atoms with Crippen LogP contribution in [0.25, 0.3) is 0 Å². The van der Waals surface area contributed by atoms with E-state index in [-0.39, 0.29) is 0 Å². The second-order valence-corrected chi connectivity index (χ2v) is 6.57. The number of halogens is 1. The van der Waals surface area contributed by atoms with Crippen LogP contribution in [0.1, 0.15) is 12.0 Å². The van der Waals surface area contributed by atoms with Crippen molar-refractivity contribution in [3.63, 3.8) is 0 Å². The molecule has 1 heterocycles. The Labute approximate surface area is 102 Å². The summed E-state index contributed by atoms with van der Waals surface area (Å²) in [5.74, 6) is 0. The number of benzene rings is 1. The molecule has 1 aromatic carbocycles. The molecule has 0 fully saturated rings. The zero-order valence-electron chi connectivity index (χ0n) is 8.86. The molecule has 1 aliphatic carbocycles. The largest absolute Gasteiger partial charge is 0.0858 e. The summed E-state index contributed by atoms with van der Waals surface area (Å²) >= 11 is 6.65. The number of hydrogen-bond acceptors (Lipinski definition) is 0. The lowest BCUT2D eigenvalue weighted by molar-refractivity contribution is 1.19. The van der Waals surface area contributed by atoms with E-state index in [4.69, 9.17) is 11.2 Å². The van der Waals surface area contributed by atoms with Gasteiger partial charge in [-0.25, -0.2) is 0 Å². The summed E-state index contributed by atoms with van der Waals surface area (Å²) in [4.78, 5) is 0. The van der Waals surface area contributed by atoms with Gasteiger partial charge >= 0.3 is 0 Å². The van der Waals surface area contributed by atoms with Gasteiger partial charge in [-0.3, -0.25) is 0 Å². The quantitative estimate of drug-likeness (QED) is 0.600. The Bertz CT molecular complexity index is 511. The van der Waals surface area contributed by atoms with Crippen LogP contribution in [-0.2, 0) is 6.42 Å². The molecule has 0 spiro atoms. The van der Waals surface area contributed by atoms with Crippen molar-refractivity contribution in [3.05, 3.63) is 65.0 Å². The lowest BCUT2D eigenvalue weighted by atomic mass is 10.0. The highest BCUT2D eigenvalue weighted by molar-refractivity contribution is 7.93. The van der Waals surface area contributed by atoms with Gasteiger partial charge in [-0.1, -0.05) is 59.8 Å². The zero-order valence-corrected chi connectivity index (χ0v) is 10.5. The summed E-state index contributed by atoms with van der Waals surface area (Å²) < 4.78 is 0. The predicted octanol–water partition coefficient (Wildman–Crippen LogP) is 4.27. The van der Waals surface area contributed by atoms with Gasteiger partial charge in [0.05, 0.1) is 7.27 Å². The molecule has 1 aliphatic heterocycles. The Balaban J connectivity index is 2.15. The molecule has 0 nitrogen and oxygen atoms in total. The second-order valence-electron chi connectivity index (χ2n) is 4.03. The van der Waals surface area contributed by atoms with Crippen molar-refractivity contribution >= 4 is 23.8 Å². The van der Waals surface area contributed by atoms with Crippen LogP contribution in [0.15, 0.2) is 59.5 Å². The fourth-order valence-electron chi connectivity index (χ4n) is 2.18. The standard InChI is InChI=1S/C14H12ClP/c15-16-13-7-3-1-5-11(13)9-10-12-6-2-4-8-14(12)16/h1-5,7-8,10H,6,9H2. The van der Waals surface area contributed by atoms with E-state index >= 15 is 0 Å². The Hall–Kier alpha value is -0.840. The first kappa shape index (κ1) is 10.3. The van der Waals surface area contributed by atoms with E-state index in [2.05, 4.69) is 48.6 Å². The van der Waals surface area contributed by atoms with Gasteiger partial charge in [0, 0.05) is 0 Å². The van der Waals surface area contributed by atoms with E-state index in [1.807, 2.05) is 0 Å². The van der Waals surface area contributed by atoms with Crippen LogP contribution in [0.5, 0.6) is 0 Å². The van der Waals surface area contributed by atoms with Crippen LogP contribution in [0.4, 0.5) is 0 Å². The zero-order chi connectivity index (χ0) is 11.0. The molecule has 0 aromatic heterocycles. The van der Waals surface area contributed by atoms with Crippen molar-refractivity contribution in [2.45, 2.75) is 12.8 Å². The Morgan fingerprint density at radius 2 is 2.00 bits per heavy atom. The molecular weight excluding hydrogens is 235 g/mol. The molecule has 1 aromatic rings. The number of allylic oxidation sites excluding steroid dienone is 6. The maximum absolute atomic E-state index is 6.65. The van der Waals surface area contributed by atoms with Crippen LogP contribution >= 0.6 is 18.5 Å². The van der Waals surface area contributed by atoms with E-state index in [0.29, 0.717) is 0 Å². The van der Waals surface area contributed by atoms with Gasteiger partial charge in [0.2, 0.25) is 0 Å². The Kier molecular flexibility index (Phi) is 2.71. The molecule has 0 saturated heterocycles. The van der Waals surface area contributed by atoms with E-state index < -0.39 is 7.27 Å². The van der Waals surface area contributed by atoms with Crippen LogP contribution in [-0.4, -0.2) is 0 Å². The highest BCUT2D eigenvalue weighted by Gasteiger charge is 2.22. The summed E-state index contributed by atoms with van der Waals surface area (Å²) in [6.45, 7) is 0. The van der Waals surface area contributed by atoms with Crippen molar-refractivity contribution in [3.8, 4) is 0 Å². The smallest absolute Gasteiger partial charge is 0.0529 e. The third-order valence-electron chi connectivity index (χ3n) is 3.04. The van der Waals surface area contributed by atoms with Gasteiger partial charge < -0.3 is 0 Å². The first-order chi connectivity index (χ1) is 7.86. The van der Waals surface area contributed by atoms with Crippen molar-refractivity contribution in [1.29, 1.82) is 0 Å². The average Bonchev–Trinajstić information content (AvgIpc) is 2.49. The fourth-order valence-corrected chi connectivity index (χ4v) is 4.72. The number of rotatable bonds is 0. The number of fused-ring (bicyclic) bond motifs is 2. The normalized spacial score (nSPS) is 22.7. The summed E-state index contributed by atoms with van der Waals surface area (Å²) in [7, 11) is -0.678. The molecule has 3 rings (SSSR count). The van der Waals surface area contributed by atoms with Gasteiger partial charge in [-0.05, 0) is 34.6 Å². The molecular formula is C14H12ClP. The van der Waals surface area contributed by atoms with Crippen molar-refractivity contribution in [2.24, 2.45) is 0 Å². The lowest BCUT2D eigenvalue weighted by Gasteiger charge is -2.17. The van der Waals surface area contributed by atoms with Gasteiger partial charge in [-0.15, -0.1) is 0 Å². The minimum Gasteiger partial charge on any atom is -0.0858 e. The Morgan fingerprint density at radius 3 is 2.94 bits per heavy atom. The van der Waals surface area contributed by atoms with Gasteiger partial charge in [0.15, 0.2) is 0 Å². The molecule has 0 N–H and O–H groups in total. The summed E-state index contributed by atoms with van der Waals surface area (Å²) in [6.07, 6.45) is 10.9. The molecule has 1 unspecified atom stereocenters. The molecule has 0 saturated carbocycles. The molecule has 2 heteroatoms. The van der Waals surface area contributed by atoms with E-state index in [0.717, 1.165) is 12.8 Å². The van der Waals surface area contributed by atoms with Crippen LogP contribution in [0.2, 0.25) is 0 Å². The SMILES string of the molecule is ClP1C2=CC=CCC2=CCc2ccccc21. The molecule has 80 valence electrons. The van der Waals surface area contributed by atoms with E-state index in [9.17, 15) is 0 Å². The third-order valence-corrected chi connectivity index (χ3v) is 5.85. The van der Waals surface area contributed by atoms with Crippen molar-refractivity contribution < 1.29 is 0 Å². The highest BCUT2D eigenvalue weighted by Crippen LogP contribution is 2.55. The van der Waals surface area contributed by atoms with E-state index in [1.165, 1.54) is 21.8 Å². The molecule has 0 radical (unpaired) electrons. The molecule has 0 bridgehead atoms. The number of hydrogen-bond donors (Lipinski definition) is 0. The maximum atomic E-state index is 6.65. The minimum atomic E-state index is -0.678. The van der Waals surface area contributed by atoms with Crippen LogP contribution < -0.4 is 5.30 Å². The maximum Gasteiger partial charge on any atom is 0.0529 e. The average molecular weight is 247 g/mol. The molecule has 2 aliphatic rings. The monoisotopic (exact) mass is 246 g/mol. The third kappa shape index (κ3) is 1.67. The van der Waals surface area contributed by atoms with Crippen LogP contribution in [0, 0.1) is 0 Å². The highest BCUT2D eigenvalue weighted by atomic mass is 35.7. The molecule has 0 amide bonds. The van der Waals surface area contributed by atoms with Crippen LogP contribution in [0.3, 0.4) is 0 Å². The lowest BCUT2D eigenvalue weighted by Crippen LogP contribution is -2.04. The minimum absolute atomic E-state index is 0.678. The van der Waals surface area contributed by atoms with Gasteiger partial charge in [0.25, 0.3) is 0 Å². The van der Waals surface area contributed by atoms with Crippen molar-refractivity contribution in [2.75, 3.05) is 0 Å². The van der Waals surface area contributed by atoms with Gasteiger partial charge in [0.1, 0.15) is 0 Å². The summed E-state index contributed by atoms with van der Waals surface area (Å²) in [5.41, 5.74) is 2.80. The summed E-state index contributed by atoms with van der Waals surface area (Å²) in [5, 5.41) is 2.66. The molecule has 16 heavy (non-hydrogen) atoms. The Morgan fingerprint density at radius 1 is 1.12 bits per heavy atom. The van der Waals surface area contributed by atoms with Crippen molar-refractivity contribution in [1.82, 2.24) is 0 Å². The second kappa shape index (κ2) is 4.20. The van der Waals surface area contributed by atoms with E-state index in [1.54, 1.807) is 0 Å². The molecule has 1 atom stereocenters. The predicted molar refractivity (Wildman–Crippen MR) is 72.5 cm³/mol. The fraction of sp³-hybridized carbons (Fsp3) is 0.143. The van der Waals surface area contributed by atoms with Gasteiger partial charge in [-0.2, -0.15) is 0 Å². The topological polar surface area (TPSA) is 0 Å². The first-order valence-electron chi connectivity index (χ1n) is 5.46. The first-order valence-corrected chi connectivity index (χ1v) is 7.71.